The number of para-hydroxylation sites is 2. The molecule has 0 aliphatic carbocycles. The zero-order valence-corrected chi connectivity index (χ0v) is 17.7. The van der Waals surface area contributed by atoms with Crippen LogP contribution in [0.4, 0.5) is 0 Å². The van der Waals surface area contributed by atoms with Crippen LogP contribution in [-0.4, -0.2) is 28.6 Å². The molecule has 0 fully saturated rings. The van der Waals surface area contributed by atoms with Gasteiger partial charge in [0, 0.05) is 22.5 Å². The molecule has 3 aromatic rings. The Balaban J connectivity index is 1.48. The van der Waals surface area contributed by atoms with Crippen molar-refractivity contribution in [3.63, 3.8) is 0 Å². The average molecular weight is 463 g/mol. The second kappa shape index (κ2) is 9.75. The van der Waals surface area contributed by atoms with E-state index >= 15 is 0 Å². The fourth-order valence-electron chi connectivity index (χ4n) is 2.87. The minimum absolute atomic E-state index is 0.0243. The molecule has 0 spiro atoms. The highest BCUT2D eigenvalue weighted by atomic mass is 79.9. The number of allylic oxidation sites excluding steroid dienone is 1. The number of nitrogens with one attached hydrogen (secondary N) is 1. The monoisotopic (exact) mass is 461 g/mol. The minimum Gasteiger partial charge on any atom is -0.484 e. The normalized spacial score (nSPS) is 10.8. The number of benzene rings is 2. The summed E-state index contributed by atoms with van der Waals surface area (Å²) in [4.78, 5) is 16.7. The molecule has 1 heterocycles. The Bertz CT molecular complexity index is 969. The van der Waals surface area contributed by atoms with Gasteiger partial charge in [0.15, 0.2) is 6.61 Å². The van der Waals surface area contributed by atoms with Gasteiger partial charge in [0.05, 0.1) is 17.6 Å². The molecule has 0 unspecified atom stereocenters. The first kappa shape index (κ1) is 20.4. The number of aromatic nitrogens is 2. The lowest BCUT2D eigenvalue weighted by Crippen LogP contribution is -2.30. The number of halogens is 2. The minimum atomic E-state index is -0.155. The van der Waals surface area contributed by atoms with Gasteiger partial charge in [0.2, 0.25) is 0 Å². The smallest absolute Gasteiger partial charge is 0.257 e. The number of hydrogen-bond acceptors (Lipinski definition) is 3. The summed E-state index contributed by atoms with van der Waals surface area (Å²) < 4.78 is 8.48. The molecule has 3 rings (SSSR count). The largest absolute Gasteiger partial charge is 0.484 e. The van der Waals surface area contributed by atoms with E-state index in [1.54, 1.807) is 24.3 Å². The highest BCUT2D eigenvalue weighted by Crippen LogP contribution is 2.20. The van der Waals surface area contributed by atoms with E-state index in [2.05, 4.69) is 38.5 Å². The van der Waals surface area contributed by atoms with Crippen molar-refractivity contribution in [2.45, 2.75) is 19.4 Å². The van der Waals surface area contributed by atoms with E-state index in [-0.39, 0.29) is 12.5 Å². The van der Waals surface area contributed by atoms with Crippen LogP contribution in [0.2, 0.25) is 5.02 Å². The number of aryl methyl sites for hydroxylation is 1. The SMILES string of the molecule is C=C(Br)Cn1c(CCCNC(=O)COc2ccc(Cl)cc2)nc2ccccc21. The third-order valence-electron chi connectivity index (χ3n) is 4.15. The summed E-state index contributed by atoms with van der Waals surface area (Å²) in [7, 11) is 0. The van der Waals surface area contributed by atoms with E-state index < -0.39 is 0 Å². The van der Waals surface area contributed by atoms with Crippen LogP contribution in [0.25, 0.3) is 11.0 Å². The van der Waals surface area contributed by atoms with Crippen LogP contribution in [0, 0.1) is 0 Å². The fraction of sp³-hybridized carbons (Fsp3) is 0.238. The van der Waals surface area contributed by atoms with E-state index in [9.17, 15) is 4.79 Å². The second-order valence-corrected chi connectivity index (χ2v) is 7.87. The van der Waals surface area contributed by atoms with E-state index in [4.69, 9.17) is 21.3 Å². The van der Waals surface area contributed by atoms with Crippen LogP contribution in [-0.2, 0) is 17.8 Å². The van der Waals surface area contributed by atoms with E-state index in [1.165, 1.54) is 0 Å². The average Bonchev–Trinajstić information content (AvgIpc) is 3.02. The molecule has 146 valence electrons. The van der Waals surface area contributed by atoms with Gasteiger partial charge in [-0.05, 0) is 42.8 Å². The zero-order chi connectivity index (χ0) is 19.9. The van der Waals surface area contributed by atoms with Crippen molar-refractivity contribution < 1.29 is 9.53 Å². The number of ether oxygens (including phenoxy) is 1. The molecule has 1 aromatic heterocycles. The third kappa shape index (κ3) is 5.59. The highest BCUT2D eigenvalue weighted by molar-refractivity contribution is 9.11. The molecule has 7 heteroatoms. The number of fused-ring (bicyclic) bond motifs is 1. The summed E-state index contributed by atoms with van der Waals surface area (Å²) in [6.45, 7) is 5.13. The molecule has 0 atom stereocenters. The Morgan fingerprint density at radius 2 is 1.96 bits per heavy atom. The number of amides is 1. The van der Waals surface area contributed by atoms with Crippen LogP contribution >= 0.6 is 27.5 Å². The molecule has 2 aromatic carbocycles. The van der Waals surface area contributed by atoms with Crippen molar-refractivity contribution in [3.05, 3.63) is 70.4 Å². The van der Waals surface area contributed by atoms with Crippen LogP contribution in [0.5, 0.6) is 5.75 Å². The summed E-state index contributed by atoms with van der Waals surface area (Å²) in [6, 6.07) is 15.0. The number of nitrogens with zero attached hydrogens (tertiary/aromatic N) is 2. The Morgan fingerprint density at radius 1 is 1.21 bits per heavy atom. The van der Waals surface area contributed by atoms with Crippen LogP contribution in [0.15, 0.2) is 59.6 Å². The maximum Gasteiger partial charge on any atom is 0.257 e. The third-order valence-corrected chi connectivity index (χ3v) is 4.65. The van der Waals surface area contributed by atoms with Crippen molar-refractivity contribution in [1.29, 1.82) is 0 Å². The Labute approximate surface area is 177 Å². The van der Waals surface area contributed by atoms with E-state index in [1.807, 2.05) is 18.2 Å². The van der Waals surface area contributed by atoms with Crippen molar-refractivity contribution in [2.75, 3.05) is 13.2 Å². The predicted molar refractivity (Wildman–Crippen MR) is 116 cm³/mol. The van der Waals surface area contributed by atoms with Gasteiger partial charge in [-0.3, -0.25) is 4.79 Å². The molecule has 5 nitrogen and oxygen atoms in total. The van der Waals surface area contributed by atoms with Gasteiger partial charge < -0.3 is 14.6 Å². The first-order valence-electron chi connectivity index (χ1n) is 8.95. The van der Waals surface area contributed by atoms with Gasteiger partial charge >= 0.3 is 0 Å². The number of rotatable bonds is 9. The number of imidazole rings is 1. The molecule has 0 saturated carbocycles. The summed E-state index contributed by atoms with van der Waals surface area (Å²) in [5.74, 6) is 1.44. The maximum absolute atomic E-state index is 11.9. The molecule has 0 aliphatic heterocycles. The van der Waals surface area contributed by atoms with E-state index in [0.717, 1.165) is 34.2 Å². The molecule has 28 heavy (non-hydrogen) atoms. The van der Waals surface area contributed by atoms with Gasteiger partial charge in [-0.2, -0.15) is 0 Å². The van der Waals surface area contributed by atoms with Crippen molar-refractivity contribution >= 4 is 44.5 Å². The molecule has 0 saturated heterocycles. The Hall–Kier alpha value is -2.31. The summed E-state index contributed by atoms with van der Waals surface area (Å²) in [5, 5.41) is 3.51. The van der Waals surface area contributed by atoms with Crippen molar-refractivity contribution in [3.8, 4) is 5.75 Å². The summed E-state index contributed by atoms with van der Waals surface area (Å²) >= 11 is 9.26. The van der Waals surface area contributed by atoms with Crippen LogP contribution < -0.4 is 10.1 Å². The topological polar surface area (TPSA) is 56.2 Å². The lowest BCUT2D eigenvalue weighted by atomic mass is 10.3. The van der Waals surface area contributed by atoms with Crippen LogP contribution in [0.3, 0.4) is 0 Å². The number of carbonyl (C=O) groups excluding carboxylic acids is 1. The molecule has 1 N–H and O–H groups in total. The lowest BCUT2D eigenvalue weighted by molar-refractivity contribution is -0.123. The number of carbonyl (C=O) groups is 1. The number of hydrogen-bond donors (Lipinski definition) is 1. The molecular formula is C21H21BrClN3O2. The van der Waals surface area contributed by atoms with E-state index in [0.29, 0.717) is 23.9 Å². The predicted octanol–water partition coefficient (Wildman–Crippen LogP) is 4.73. The molecule has 1 amide bonds. The van der Waals surface area contributed by atoms with Crippen molar-refractivity contribution in [1.82, 2.24) is 14.9 Å². The molecular weight excluding hydrogens is 442 g/mol. The van der Waals surface area contributed by atoms with Gasteiger partial charge in [-0.1, -0.05) is 46.2 Å². The van der Waals surface area contributed by atoms with Gasteiger partial charge in [-0.25, -0.2) is 4.98 Å². The zero-order valence-electron chi connectivity index (χ0n) is 15.3. The summed E-state index contributed by atoms with van der Waals surface area (Å²) in [5.41, 5.74) is 2.05. The van der Waals surface area contributed by atoms with Gasteiger partial charge in [-0.15, -0.1) is 0 Å². The fourth-order valence-corrected chi connectivity index (χ4v) is 3.25. The standard InChI is InChI=1S/C21H21BrClN3O2/c1-15(22)13-26-19-6-3-2-5-18(19)25-20(26)7-4-12-24-21(27)14-28-17-10-8-16(23)9-11-17/h2-3,5-6,8-11H,1,4,7,12-14H2,(H,24,27). The first-order valence-corrected chi connectivity index (χ1v) is 10.1. The quantitative estimate of drug-likeness (QED) is 0.468. The second-order valence-electron chi connectivity index (χ2n) is 6.32. The maximum atomic E-state index is 11.9. The molecule has 0 bridgehead atoms. The Morgan fingerprint density at radius 3 is 2.71 bits per heavy atom. The van der Waals surface area contributed by atoms with Gasteiger partial charge in [0.25, 0.3) is 5.91 Å². The van der Waals surface area contributed by atoms with Crippen LogP contribution in [0.1, 0.15) is 12.2 Å². The Kier molecular flexibility index (Phi) is 7.12. The van der Waals surface area contributed by atoms with Gasteiger partial charge in [0.1, 0.15) is 11.6 Å². The molecule has 0 aliphatic rings. The summed E-state index contributed by atoms with van der Waals surface area (Å²) in [6.07, 6.45) is 1.54. The lowest BCUT2D eigenvalue weighted by Gasteiger charge is -2.09. The molecule has 0 radical (unpaired) electrons. The highest BCUT2D eigenvalue weighted by Gasteiger charge is 2.11. The first-order chi connectivity index (χ1) is 13.5. The van der Waals surface area contributed by atoms with Crippen molar-refractivity contribution in [2.24, 2.45) is 0 Å².